The van der Waals surface area contributed by atoms with E-state index in [1.54, 1.807) is 16.8 Å². The van der Waals surface area contributed by atoms with Gasteiger partial charge in [0, 0.05) is 23.1 Å². The third kappa shape index (κ3) is 4.24. The lowest BCUT2D eigenvalue weighted by atomic mass is 10.0. The van der Waals surface area contributed by atoms with E-state index in [0.717, 1.165) is 5.69 Å². The summed E-state index contributed by atoms with van der Waals surface area (Å²) in [5.74, 6) is 0.413. The van der Waals surface area contributed by atoms with E-state index in [4.69, 9.17) is 5.26 Å². The molecule has 0 aliphatic carbocycles. The van der Waals surface area contributed by atoms with Crippen LogP contribution in [0.15, 0.2) is 59.8 Å². The van der Waals surface area contributed by atoms with E-state index >= 15 is 0 Å². The van der Waals surface area contributed by atoms with Crippen LogP contribution in [0, 0.1) is 21.4 Å². The summed E-state index contributed by atoms with van der Waals surface area (Å²) in [5, 5.41) is 32.4. The number of nitriles is 1. The molecule has 0 aliphatic rings. The van der Waals surface area contributed by atoms with Crippen LogP contribution in [-0.2, 0) is 0 Å². The molecule has 0 atom stereocenters. The van der Waals surface area contributed by atoms with Gasteiger partial charge in [0.2, 0.25) is 5.16 Å². The number of rotatable bonds is 6. The first kappa shape index (κ1) is 19.3. The molecule has 0 N–H and O–H groups in total. The van der Waals surface area contributed by atoms with Gasteiger partial charge in [0.25, 0.3) is 5.69 Å². The first-order chi connectivity index (χ1) is 13.5. The summed E-state index contributed by atoms with van der Waals surface area (Å²) in [6, 6.07) is 16.0. The lowest BCUT2D eigenvalue weighted by Crippen LogP contribution is -2.00. The zero-order valence-corrected chi connectivity index (χ0v) is 16.0. The number of nitro groups is 1. The van der Waals surface area contributed by atoms with E-state index in [-0.39, 0.29) is 5.69 Å². The molecule has 3 rings (SSSR count). The average Bonchev–Trinajstić information content (AvgIpc) is 3.16. The molecule has 0 amide bonds. The van der Waals surface area contributed by atoms with Crippen LogP contribution in [0.4, 0.5) is 5.69 Å². The fourth-order valence-corrected chi connectivity index (χ4v) is 3.37. The topological polar surface area (TPSA) is 111 Å². The standard InChI is InChI=1S/C19H16N6O2S/c1-13(2)14-6-8-16(9-7-14)24-19(21-22-23-24)28-18(10-11-20)15-4-3-5-17(12-15)25(26)27/h3-10,12-13H,1-2H3/b18-10-. The molecule has 1 aromatic heterocycles. The van der Waals surface area contributed by atoms with Crippen molar-refractivity contribution >= 4 is 22.4 Å². The zero-order valence-electron chi connectivity index (χ0n) is 15.2. The molecule has 0 bridgehead atoms. The van der Waals surface area contributed by atoms with Gasteiger partial charge >= 0.3 is 0 Å². The molecule has 1 heterocycles. The normalized spacial score (nSPS) is 11.4. The predicted molar refractivity (Wildman–Crippen MR) is 106 cm³/mol. The molecule has 9 heteroatoms. The summed E-state index contributed by atoms with van der Waals surface area (Å²) < 4.78 is 1.57. The highest BCUT2D eigenvalue weighted by molar-refractivity contribution is 8.08. The fraction of sp³-hybridized carbons (Fsp3) is 0.158. The van der Waals surface area contributed by atoms with Crippen LogP contribution in [0.3, 0.4) is 0 Å². The number of tetrazole rings is 1. The van der Waals surface area contributed by atoms with Crippen LogP contribution in [0.2, 0.25) is 0 Å². The minimum absolute atomic E-state index is 0.0502. The van der Waals surface area contributed by atoms with E-state index in [9.17, 15) is 10.1 Å². The highest BCUT2D eigenvalue weighted by Gasteiger charge is 2.15. The van der Waals surface area contributed by atoms with Crippen molar-refractivity contribution < 1.29 is 4.92 Å². The molecule has 0 unspecified atom stereocenters. The molecule has 0 spiro atoms. The zero-order chi connectivity index (χ0) is 20.1. The predicted octanol–water partition coefficient (Wildman–Crippen LogP) is 4.35. The van der Waals surface area contributed by atoms with Gasteiger partial charge in [-0.05, 0) is 51.4 Å². The maximum atomic E-state index is 11.0. The van der Waals surface area contributed by atoms with Gasteiger partial charge in [-0.1, -0.05) is 38.1 Å². The number of benzene rings is 2. The number of aromatic nitrogens is 4. The molecule has 140 valence electrons. The fourth-order valence-electron chi connectivity index (χ4n) is 2.51. The SMILES string of the molecule is CC(C)c1ccc(-n2nnnc2S/C(=C\C#N)c2cccc([N+](=O)[O-])c2)cc1. The summed E-state index contributed by atoms with van der Waals surface area (Å²) in [6.07, 6.45) is 1.32. The number of nitrogens with zero attached hydrogens (tertiary/aromatic N) is 6. The molecule has 28 heavy (non-hydrogen) atoms. The second-order valence-electron chi connectivity index (χ2n) is 6.17. The number of hydrogen-bond donors (Lipinski definition) is 0. The summed E-state index contributed by atoms with van der Waals surface area (Å²) in [6.45, 7) is 4.23. The van der Waals surface area contributed by atoms with Crippen molar-refractivity contribution in [3.05, 3.63) is 75.8 Å². The minimum atomic E-state index is -0.474. The maximum Gasteiger partial charge on any atom is 0.270 e. The Hall–Kier alpha value is -3.51. The molecule has 0 radical (unpaired) electrons. The van der Waals surface area contributed by atoms with Crippen molar-refractivity contribution in [1.82, 2.24) is 20.2 Å². The Morgan fingerprint density at radius 3 is 2.68 bits per heavy atom. The Bertz CT molecular complexity index is 1070. The molecule has 3 aromatic rings. The highest BCUT2D eigenvalue weighted by atomic mass is 32.2. The molecule has 2 aromatic carbocycles. The molecule has 8 nitrogen and oxygen atoms in total. The molecule has 0 saturated heterocycles. The Labute approximate surface area is 165 Å². The molecular weight excluding hydrogens is 376 g/mol. The van der Waals surface area contributed by atoms with Crippen LogP contribution in [0.25, 0.3) is 10.6 Å². The second kappa shape index (κ2) is 8.45. The van der Waals surface area contributed by atoms with Crippen molar-refractivity contribution in [1.29, 1.82) is 5.26 Å². The van der Waals surface area contributed by atoms with E-state index in [0.29, 0.717) is 21.5 Å². The van der Waals surface area contributed by atoms with E-state index in [1.807, 2.05) is 30.3 Å². The van der Waals surface area contributed by atoms with Crippen molar-refractivity contribution in [3.63, 3.8) is 0 Å². The van der Waals surface area contributed by atoms with Gasteiger partial charge in [0.15, 0.2) is 0 Å². The van der Waals surface area contributed by atoms with Crippen LogP contribution >= 0.6 is 11.8 Å². The number of non-ortho nitro benzene ring substituents is 1. The third-order valence-electron chi connectivity index (χ3n) is 3.98. The van der Waals surface area contributed by atoms with Crippen molar-refractivity contribution in [2.45, 2.75) is 24.9 Å². The van der Waals surface area contributed by atoms with Crippen molar-refractivity contribution in [2.75, 3.05) is 0 Å². The van der Waals surface area contributed by atoms with Crippen molar-refractivity contribution in [3.8, 4) is 11.8 Å². The maximum absolute atomic E-state index is 11.0. The van der Waals surface area contributed by atoms with Crippen LogP contribution < -0.4 is 0 Å². The minimum Gasteiger partial charge on any atom is -0.258 e. The summed E-state index contributed by atoms with van der Waals surface area (Å²) in [5.41, 5.74) is 2.48. The summed E-state index contributed by atoms with van der Waals surface area (Å²) in [4.78, 5) is 11.1. The first-order valence-corrected chi connectivity index (χ1v) is 9.22. The van der Waals surface area contributed by atoms with Gasteiger partial charge in [-0.3, -0.25) is 10.1 Å². The number of allylic oxidation sites excluding steroid dienone is 1. The Morgan fingerprint density at radius 2 is 2.04 bits per heavy atom. The first-order valence-electron chi connectivity index (χ1n) is 8.40. The van der Waals surface area contributed by atoms with Gasteiger partial charge in [0.1, 0.15) is 0 Å². The molecule has 0 saturated carbocycles. The Balaban J connectivity index is 1.93. The Kier molecular flexibility index (Phi) is 5.81. The second-order valence-corrected chi connectivity index (χ2v) is 7.18. The number of thioether (sulfide) groups is 1. The van der Waals surface area contributed by atoms with Crippen LogP contribution in [0.5, 0.6) is 0 Å². The van der Waals surface area contributed by atoms with Gasteiger partial charge in [-0.15, -0.1) is 5.10 Å². The smallest absolute Gasteiger partial charge is 0.258 e. The molecule has 0 fully saturated rings. The summed E-state index contributed by atoms with van der Waals surface area (Å²) in [7, 11) is 0. The molecular formula is C19H16N6O2S. The average molecular weight is 392 g/mol. The van der Waals surface area contributed by atoms with Gasteiger partial charge in [-0.25, -0.2) is 0 Å². The van der Waals surface area contributed by atoms with E-state index < -0.39 is 4.92 Å². The van der Waals surface area contributed by atoms with Gasteiger partial charge in [-0.2, -0.15) is 9.94 Å². The third-order valence-corrected chi connectivity index (χ3v) is 4.99. The van der Waals surface area contributed by atoms with Crippen LogP contribution in [0.1, 0.15) is 30.9 Å². The highest BCUT2D eigenvalue weighted by Crippen LogP contribution is 2.34. The van der Waals surface area contributed by atoms with Gasteiger partial charge in [0.05, 0.1) is 16.7 Å². The Morgan fingerprint density at radius 1 is 1.29 bits per heavy atom. The lowest BCUT2D eigenvalue weighted by Gasteiger charge is -2.09. The van der Waals surface area contributed by atoms with Crippen LogP contribution in [-0.4, -0.2) is 25.1 Å². The van der Waals surface area contributed by atoms with Gasteiger partial charge < -0.3 is 0 Å². The van der Waals surface area contributed by atoms with Crippen molar-refractivity contribution in [2.24, 2.45) is 0 Å². The quantitative estimate of drug-likeness (QED) is 0.265. The lowest BCUT2D eigenvalue weighted by molar-refractivity contribution is -0.384. The number of nitro benzene ring substituents is 1. The monoisotopic (exact) mass is 392 g/mol. The summed E-state index contributed by atoms with van der Waals surface area (Å²) >= 11 is 1.17. The van der Waals surface area contributed by atoms with E-state index in [1.165, 1.54) is 35.5 Å². The number of hydrogen-bond acceptors (Lipinski definition) is 7. The largest absolute Gasteiger partial charge is 0.270 e. The molecule has 0 aliphatic heterocycles. The van der Waals surface area contributed by atoms with E-state index in [2.05, 4.69) is 29.4 Å².